The first kappa shape index (κ1) is 13.6. The van der Waals surface area contributed by atoms with Crippen LogP contribution in [0.2, 0.25) is 0 Å². The van der Waals surface area contributed by atoms with Gasteiger partial charge in [0, 0.05) is 11.8 Å². The maximum atomic E-state index is 4.48. The van der Waals surface area contributed by atoms with Crippen molar-refractivity contribution in [1.29, 1.82) is 0 Å². The lowest BCUT2D eigenvalue weighted by Gasteiger charge is -2.08. The molecule has 0 aliphatic rings. The Morgan fingerprint density at radius 2 is 1.43 bits per heavy atom. The highest BCUT2D eigenvalue weighted by Crippen LogP contribution is 2.26. The van der Waals surface area contributed by atoms with Gasteiger partial charge in [0.05, 0.1) is 5.69 Å². The predicted octanol–water partition coefficient (Wildman–Crippen LogP) is 5.54. The lowest BCUT2D eigenvalue weighted by molar-refractivity contribution is 0.867. The summed E-state index contributed by atoms with van der Waals surface area (Å²) < 4.78 is 0. The molecule has 3 rings (SSSR count). The van der Waals surface area contributed by atoms with Crippen LogP contribution in [0.15, 0.2) is 72.9 Å². The van der Waals surface area contributed by atoms with Gasteiger partial charge >= 0.3 is 0 Å². The summed E-state index contributed by atoms with van der Waals surface area (Å²) in [5.41, 5.74) is 5.98. The fraction of sp³-hybridized carbons (Fsp3) is 0.150. The molecule has 104 valence electrons. The number of hydrogen-bond donors (Lipinski definition) is 0. The smallest absolute Gasteiger partial charge is 0.0708 e. The van der Waals surface area contributed by atoms with Crippen LogP contribution in [0.25, 0.3) is 22.4 Å². The zero-order valence-electron chi connectivity index (χ0n) is 12.5. The van der Waals surface area contributed by atoms with Crippen LogP contribution in [0.4, 0.5) is 0 Å². The first-order valence-corrected chi connectivity index (χ1v) is 7.36. The molecule has 1 nitrogen and oxygen atoms in total. The first-order valence-electron chi connectivity index (χ1n) is 7.36. The van der Waals surface area contributed by atoms with Crippen molar-refractivity contribution in [2.75, 3.05) is 0 Å². The van der Waals surface area contributed by atoms with Crippen molar-refractivity contribution in [1.82, 2.24) is 4.98 Å². The van der Waals surface area contributed by atoms with Crippen molar-refractivity contribution in [2.45, 2.75) is 19.8 Å². The summed E-state index contributed by atoms with van der Waals surface area (Å²) in [6.07, 6.45) is 1.88. The Kier molecular flexibility index (Phi) is 3.83. The maximum absolute atomic E-state index is 4.48. The van der Waals surface area contributed by atoms with E-state index < -0.39 is 0 Å². The van der Waals surface area contributed by atoms with Crippen LogP contribution < -0.4 is 0 Å². The minimum atomic E-state index is 0.566. The molecule has 0 saturated carbocycles. The van der Waals surface area contributed by atoms with E-state index >= 15 is 0 Å². The molecule has 0 saturated heterocycles. The van der Waals surface area contributed by atoms with E-state index in [1.807, 2.05) is 24.4 Å². The Bertz CT molecular complexity index is 712. The quantitative estimate of drug-likeness (QED) is 0.610. The zero-order valence-corrected chi connectivity index (χ0v) is 12.5. The monoisotopic (exact) mass is 273 g/mol. The molecule has 21 heavy (non-hydrogen) atoms. The van der Waals surface area contributed by atoms with Crippen molar-refractivity contribution in [2.24, 2.45) is 0 Å². The number of hydrogen-bond acceptors (Lipinski definition) is 1. The third-order valence-corrected chi connectivity index (χ3v) is 3.74. The molecule has 1 aromatic heterocycles. The number of benzene rings is 2. The second-order valence-electron chi connectivity index (χ2n) is 5.57. The Labute approximate surface area is 126 Å². The number of nitrogens with zero attached hydrogens (tertiary/aromatic N) is 1. The third-order valence-electron chi connectivity index (χ3n) is 3.74. The molecular formula is C20H19N. The normalized spacial score (nSPS) is 10.8. The summed E-state index contributed by atoms with van der Waals surface area (Å²) in [6.45, 7) is 4.43. The van der Waals surface area contributed by atoms with Crippen LogP contribution in [-0.2, 0) is 0 Å². The zero-order chi connectivity index (χ0) is 14.7. The van der Waals surface area contributed by atoms with Crippen molar-refractivity contribution in [3.05, 3.63) is 78.5 Å². The van der Waals surface area contributed by atoms with E-state index in [-0.39, 0.29) is 0 Å². The molecule has 2 aromatic carbocycles. The van der Waals surface area contributed by atoms with Gasteiger partial charge in [-0.2, -0.15) is 0 Å². The Morgan fingerprint density at radius 3 is 2.10 bits per heavy atom. The van der Waals surface area contributed by atoms with Crippen LogP contribution in [0.5, 0.6) is 0 Å². The van der Waals surface area contributed by atoms with Gasteiger partial charge in [0.25, 0.3) is 0 Å². The lowest BCUT2D eigenvalue weighted by Crippen LogP contribution is -1.88. The molecule has 0 bridgehead atoms. The summed E-state index contributed by atoms with van der Waals surface area (Å²) >= 11 is 0. The van der Waals surface area contributed by atoms with Crippen molar-refractivity contribution < 1.29 is 0 Å². The third kappa shape index (κ3) is 3.03. The minimum absolute atomic E-state index is 0.566. The van der Waals surface area contributed by atoms with Gasteiger partial charge < -0.3 is 0 Å². The molecule has 0 fully saturated rings. The molecule has 0 atom stereocenters. The van der Waals surface area contributed by atoms with Gasteiger partial charge in [-0.25, -0.2) is 0 Å². The Morgan fingerprint density at radius 1 is 0.714 bits per heavy atom. The minimum Gasteiger partial charge on any atom is -0.256 e. The average Bonchev–Trinajstić information content (AvgIpc) is 2.56. The molecule has 3 aromatic rings. The van der Waals surface area contributed by atoms with E-state index in [2.05, 4.69) is 67.4 Å². The average molecular weight is 273 g/mol. The molecule has 0 N–H and O–H groups in total. The Hall–Kier alpha value is -2.41. The summed E-state index contributed by atoms with van der Waals surface area (Å²) in [5, 5.41) is 0. The van der Waals surface area contributed by atoms with Crippen LogP contribution in [0.3, 0.4) is 0 Å². The van der Waals surface area contributed by atoms with Gasteiger partial charge in [-0.05, 0) is 34.7 Å². The van der Waals surface area contributed by atoms with Gasteiger partial charge in [-0.1, -0.05) is 68.4 Å². The fourth-order valence-corrected chi connectivity index (χ4v) is 2.44. The van der Waals surface area contributed by atoms with Crippen LogP contribution in [0.1, 0.15) is 25.3 Å². The largest absolute Gasteiger partial charge is 0.256 e. The van der Waals surface area contributed by atoms with Crippen LogP contribution in [-0.4, -0.2) is 4.98 Å². The van der Waals surface area contributed by atoms with Gasteiger partial charge in [0.15, 0.2) is 0 Å². The van der Waals surface area contributed by atoms with Gasteiger partial charge in [-0.15, -0.1) is 0 Å². The second kappa shape index (κ2) is 5.92. The van der Waals surface area contributed by atoms with Crippen molar-refractivity contribution in [3.63, 3.8) is 0 Å². The van der Waals surface area contributed by atoms with Crippen molar-refractivity contribution in [3.8, 4) is 22.4 Å². The van der Waals surface area contributed by atoms with Crippen LogP contribution >= 0.6 is 0 Å². The summed E-state index contributed by atoms with van der Waals surface area (Å²) in [4.78, 5) is 4.48. The summed E-state index contributed by atoms with van der Waals surface area (Å²) in [7, 11) is 0. The summed E-state index contributed by atoms with van der Waals surface area (Å²) in [6, 6.07) is 23.3. The molecule has 0 unspecified atom stereocenters. The highest BCUT2D eigenvalue weighted by Gasteiger charge is 2.04. The van der Waals surface area contributed by atoms with E-state index in [1.165, 1.54) is 16.7 Å². The van der Waals surface area contributed by atoms with Gasteiger partial charge in [0.2, 0.25) is 0 Å². The lowest BCUT2D eigenvalue weighted by atomic mass is 9.98. The molecule has 0 aliphatic carbocycles. The second-order valence-corrected chi connectivity index (χ2v) is 5.57. The molecular weight excluding hydrogens is 254 g/mol. The SMILES string of the molecule is CC(C)c1ccc(-c2ccnc(-c3ccccc3)c2)cc1. The number of rotatable bonds is 3. The number of aromatic nitrogens is 1. The van der Waals surface area contributed by atoms with Gasteiger partial charge in [-0.3, -0.25) is 4.98 Å². The number of pyridine rings is 1. The molecule has 0 radical (unpaired) electrons. The molecule has 1 heterocycles. The predicted molar refractivity (Wildman–Crippen MR) is 89.2 cm³/mol. The topological polar surface area (TPSA) is 12.9 Å². The highest BCUT2D eigenvalue weighted by atomic mass is 14.7. The first-order chi connectivity index (χ1) is 10.2. The van der Waals surface area contributed by atoms with E-state index in [9.17, 15) is 0 Å². The fourth-order valence-electron chi connectivity index (χ4n) is 2.44. The standard InChI is InChI=1S/C20H19N/c1-15(2)16-8-10-17(11-9-16)19-12-13-21-20(14-19)18-6-4-3-5-7-18/h3-15H,1-2H3. The van der Waals surface area contributed by atoms with Crippen molar-refractivity contribution >= 4 is 0 Å². The summed E-state index contributed by atoms with van der Waals surface area (Å²) in [5.74, 6) is 0.566. The van der Waals surface area contributed by atoms with E-state index in [1.54, 1.807) is 0 Å². The maximum Gasteiger partial charge on any atom is 0.0708 e. The molecule has 0 aliphatic heterocycles. The van der Waals surface area contributed by atoms with E-state index in [4.69, 9.17) is 0 Å². The highest BCUT2D eigenvalue weighted by molar-refractivity contribution is 5.70. The van der Waals surface area contributed by atoms with E-state index in [0.29, 0.717) is 5.92 Å². The molecule has 1 heteroatoms. The molecule has 0 spiro atoms. The Balaban J connectivity index is 1.96. The van der Waals surface area contributed by atoms with Gasteiger partial charge in [0.1, 0.15) is 0 Å². The van der Waals surface area contributed by atoms with E-state index in [0.717, 1.165) is 11.3 Å². The molecule has 0 amide bonds. The van der Waals surface area contributed by atoms with Crippen LogP contribution in [0, 0.1) is 0 Å².